The highest BCUT2D eigenvalue weighted by molar-refractivity contribution is 8.14. The van der Waals surface area contributed by atoms with Gasteiger partial charge in [0.25, 0.3) is 0 Å². The maximum atomic E-state index is 11.6. The van der Waals surface area contributed by atoms with Gasteiger partial charge in [0.2, 0.25) is 5.91 Å². The maximum absolute atomic E-state index is 11.6. The first-order chi connectivity index (χ1) is 8.95. The van der Waals surface area contributed by atoms with Gasteiger partial charge < -0.3 is 5.32 Å². The van der Waals surface area contributed by atoms with Gasteiger partial charge in [-0.1, -0.05) is 34.7 Å². The van der Waals surface area contributed by atoms with Gasteiger partial charge in [0.1, 0.15) is 0 Å². The van der Waals surface area contributed by atoms with Crippen molar-refractivity contribution in [1.82, 2.24) is 4.98 Å². The Morgan fingerprint density at radius 3 is 2.89 bits per heavy atom. The topological polar surface area (TPSA) is 59.1 Å². The van der Waals surface area contributed by atoms with Gasteiger partial charge in [0.05, 0.1) is 16.0 Å². The van der Waals surface area contributed by atoms with Crippen LogP contribution in [0.5, 0.6) is 0 Å². The number of rotatable bonds is 3. The Bertz CT molecular complexity index is 654. The van der Waals surface area contributed by atoms with Crippen LogP contribution in [-0.4, -0.2) is 21.8 Å². The molecule has 0 radical (unpaired) electrons. The van der Waals surface area contributed by atoms with E-state index in [9.17, 15) is 9.59 Å². The summed E-state index contributed by atoms with van der Waals surface area (Å²) >= 11 is 8.32. The molecular weight excluding hydrogens is 304 g/mol. The van der Waals surface area contributed by atoms with E-state index in [1.54, 1.807) is 0 Å². The molecule has 1 aromatic heterocycles. The molecule has 100 valence electrons. The molecule has 19 heavy (non-hydrogen) atoms. The summed E-state index contributed by atoms with van der Waals surface area (Å²) in [7, 11) is 0. The maximum Gasteiger partial charge on any atom is 0.236 e. The molecule has 0 aliphatic carbocycles. The van der Waals surface area contributed by atoms with Gasteiger partial charge in [-0.15, -0.1) is 0 Å². The standard InChI is InChI=1S/C12H11ClN2O2S2/c1-6-3-8(13)4-9-11(6)15-12(19-9)14-10(17)5-18-7(2)16/h3-4H,5H2,1-2H3,(H,14,15,17). The predicted molar refractivity (Wildman–Crippen MR) is 81.1 cm³/mol. The van der Waals surface area contributed by atoms with Gasteiger partial charge >= 0.3 is 0 Å². The molecule has 0 saturated heterocycles. The van der Waals surface area contributed by atoms with Gasteiger partial charge in [-0.3, -0.25) is 9.59 Å². The third kappa shape index (κ3) is 3.68. The Morgan fingerprint density at radius 1 is 1.47 bits per heavy atom. The summed E-state index contributed by atoms with van der Waals surface area (Å²) in [6, 6.07) is 3.66. The average molecular weight is 315 g/mol. The van der Waals surface area contributed by atoms with Crippen molar-refractivity contribution in [3.63, 3.8) is 0 Å². The predicted octanol–water partition coefficient (Wildman–Crippen LogP) is 3.48. The second kappa shape index (κ2) is 5.90. The smallest absolute Gasteiger partial charge is 0.236 e. The molecule has 0 bridgehead atoms. The van der Waals surface area contributed by atoms with Crippen molar-refractivity contribution in [3.05, 3.63) is 22.7 Å². The van der Waals surface area contributed by atoms with Crippen molar-refractivity contribution in [2.45, 2.75) is 13.8 Å². The molecule has 0 saturated carbocycles. The van der Waals surface area contributed by atoms with E-state index in [4.69, 9.17) is 11.6 Å². The number of anilines is 1. The Morgan fingerprint density at radius 2 is 2.21 bits per heavy atom. The second-order valence-electron chi connectivity index (χ2n) is 3.92. The number of hydrogen-bond donors (Lipinski definition) is 1. The summed E-state index contributed by atoms with van der Waals surface area (Å²) in [6.07, 6.45) is 0. The number of hydrogen-bond acceptors (Lipinski definition) is 5. The number of amides is 1. The van der Waals surface area contributed by atoms with E-state index in [0.29, 0.717) is 10.2 Å². The number of fused-ring (bicyclic) bond motifs is 1. The lowest BCUT2D eigenvalue weighted by molar-refractivity contribution is -0.114. The zero-order valence-corrected chi connectivity index (χ0v) is 12.7. The van der Waals surface area contributed by atoms with E-state index >= 15 is 0 Å². The number of nitrogens with zero attached hydrogens (tertiary/aromatic N) is 1. The molecular formula is C12H11ClN2O2S2. The largest absolute Gasteiger partial charge is 0.301 e. The Hall–Kier alpha value is -1.11. The van der Waals surface area contributed by atoms with Crippen LogP contribution in [0.2, 0.25) is 5.02 Å². The molecule has 0 fully saturated rings. The molecule has 0 aliphatic heterocycles. The fourth-order valence-corrected chi connectivity index (χ4v) is 3.27. The summed E-state index contributed by atoms with van der Waals surface area (Å²) in [4.78, 5) is 26.7. The Kier molecular flexibility index (Phi) is 4.44. The number of benzene rings is 1. The van der Waals surface area contributed by atoms with E-state index in [1.807, 2.05) is 19.1 Å². The first kappa shape index (κ1) is 14.3. The van der Waals surface area contributed by atoms with Gasteiger partial charge in [0, 0.05) is 11.9 Å². The van der Waals surface area contributed by atoms with Gasteiger partial charge in [-0.05, 0) is 24.6 Å². The third-order valence-electron chi connectivity index (χ3n) is 2.30. The number of aryl methyl sites for hydroxylation is 1. The minimum atomic E-state index is -0.233. The first-order valence-electron chi connectivity index (χ1n) is 5.45. The lowest BCUT2D eigenvalue weighted by atomic mass is 10.2. The quantitative estimate of drug-likeness (QED) is 0.942. The van der Waals surface area contributed by atoms with Crippen LogP contribution in [0.15, 0.2) is 12.1 Å². The summed E-state index contributed by atoms with van der Waals surface area (Å²) in [5.41, 5.74) is 1.81. The molecule has 4 nitrogen and oxygen atoms in total. The van der Waals surface area contributed by atoms with Crippen LogP contribution in [-0.2, 0) is 9.59 Å². The molecule has 7 heteroatoms. The number of thiazole rings is 1. The number of carbonyl (C=O) groups is 2. The fraction of sp³-hybridized carbons (Fsp3) is 0.250. The molecule has 0 atom stereocenters. The molecule has 1 N–H and O–H groups in total. The van der Waals surface area contributed by atoms with E-state index in [-0.39, 0.29) is 16.8 Å². The van der Waals surface area contributed by atoms with Gasteiger partial charge in [0.15, 0.2) is 10.2 Å². The van der Waals surface area contributed by atoms with Crippen molar-refractivity contribution >= 4 is 61.1 Å². The number of carbonyl (C=O) groups excluding carboxylic acids is 2. The van der Waals surface area contributed by atoms with Crippen LogP contribution in [0.25, 0.3) is 10.2 Å². The summed E-state index contributed by atoms with van der Waals surface area (Å²) < 4.78 is 0.930. The average Bonchev–Trinajstić information content (AvgIpc) is 2.69. The molecule has 0 spiro atoms. The molecule has 1 heterocycles. The monoisotopic (exact) mass is 314 g/mol. The zero-order valence-electron chi connectivity index (χ0n) is 10.3. The van der Waals surface area contributed by atoms with Crippen LogP contribution in [0.3, 0.4) is 0 Å². The second-order valence-corrected chi connectivity index (χ2v) is 6.54. The van der Waals surface area contributed by atoms with E-state index in [1.165, 1.54) is 18.3 Å². The minimum Gasteiger partial charge on any atom is -0.301 e. The minimum absolute atomic E-state index is 0.0814. The van der Waals surface area contributed by atoms with Crippen LogP contribution in [0.4, 0.5) is 5.13 Å². The third-order valence-corrected chi connectivity index (χ3v) is 4.25. The normalized spacial score (nSPS) is 10.7. The first-order valence-corrected chi connectivity index (χ1v) is 7.63. The molecule has 0 aliphatic rings. The van der Waals surface area contributed by atoms with E-state index in [0.717, 1.165) is 27.5 Å². The lowest BCUT2D eigenvalue weighted by Crippen LogP contribution is -2.14. The van der Waals surface area contributed by atoms with E-state index in [2.05, 4.69) is 10.3 Å². The summed E-state index contributed by atoms with van der Waals surface area (Å²) in [5.74, 6) is -0.131. The Labute approximate surface area is 123 Å². The number of thioether (sulfide) groups is 1. The van der Waals surface area contributed by atoms with Crippen molar-refractivity contribution in [3.8, 4) is 0 Å². The molecule has 1 amide bonds. The fourth-order valence-electron chi connectivity index (χ4n) is 1.53. The van der Waals surface area contributed by atoms with Crippen LogP contribution >= 0.6 is 34.7 Å². The molecule has 1 aromatic carbocycles. The SMILES string of the molecule is CC(=O)SCC(=O)Nc1nc2c(C)cc(Cl)cc2s1. The van der Waals surface area contributed by atoms with Gasteiger partial charge in [-0.2, -0.15) is 0 Å². The number of aromatic nitrogens is 1. The van der Waals surface area contributed by atoms with Gasteiger partial charge in [-0.25, -0.2) is 4.98 Å². The Balaban J connectivity index is 2.15. The lowest BCUT2D eigenvalue weighted by Gasteiger charge is -1.98. The molecule has 0 unspecified atom stereocenters. The molecule has 2 aromatic rings. The summed E-state index contributed by atoms with van der Waals surface area (Å²) in [6.45, 7) is 3.35. The van der Waals surface area contributed by atoms with Crippen molar-refractivity contribution < 1.29 is 9.59 Å². The van der Waals surface area contributed by atoms with Crippen molar-refractivity contribution in [1.29, 1.82) is 0 Å². The van der Waals surface area contributed by atoms with Crippen LogP contribution < -0.4 is 5.32 Å². The highest BCUT2D eigenvalue weighted by Crippen LogP contribution is 2.30. The van der Waals surface area contributed by atoms with E-state index < -0.39 is 0 Å². The van der Waals surface area contributed by atoms with Crippen molar-refractivity contribution in [2.75, 3.05) is 11.1 Å². The molecule has 2 rings (SSSR count). The number of nitrogens with one attached hydrogen (secondary N) is 1. The summed E-state index contributed by atoms with van der Waals surface area (Å²) in [5, 5.41) is 3.78. The highest BCUT2D eigenvalue weighted by Gasteiger charge is 2.11. The van der Waals surface area contributed by atoms with Crippen molar-refractivity contribution in [2.24, 2.45) is 0 Å². The zero-order chi connectivity index (χ0) is 14.0. The van der Waals surface area contributed by atoms with Crippen LogP contribution in [0, 0.1) is 6.92 Å². The van der Waals surface area contributed by atoms with Crippen LogP contribution in [0.1, 0.15) is 12.5 Å². The number of halogens is 1. The highest BCUT2D eigenvalue weighted by atomic mass is 35.5.